The van der Waals surface area contributed by atoms with Gasteiger partial charge in [-0.2, -0.15) is 0 Å². The number of para-hydroxylation sites is 1. The number of ketones is 1. The van der Waals surface area contributed by atoms with Crippen LogP contribution in [-0.2, 0) is 9.84 Å². The van der Waals surface area contributed by atoms with Gasteiger partial charge in [0.25, 0.3) is 0 Å². The third kappa shape index (κ3) is 2.60. The number of carbonyl (C=O) groups excluding carboxylic acids is 1. The summed E-state index contributed by atoms with van der Waals surface area (Å²) in [4.78, 5) is 12.4. The van der Waals surface area contributed by atoms with Gasteiger partial charge in [0.15, 0.2) is 15.6 Å². The van der Waals surface area contributed by atoms with E-state index in [1.165, 1.54) is 18.4 Å². The summed E-state index contributed by atoms with van der Waals surface area (Å²) in [7, 11) is -3.65. The number of benzene rings is 2. The van der Waals surface area contributed by atoms with Gasteiger partial charge in [-0.3, -0.25) is 4.79 Å². The normalized spacial score (nSPS) is 11.6. The zero-order valence-electron chi connectivity index (χ0n) is 11.0. The molecule has 0 saturated carbocycles. The second kappa shape index (κ2) is 5.18. The Morgan fingerprint density at radius 1 is 0.952 bits per heavy atom. The molecule has 21 heavy (non-hydrogen) atoms. The smallest absolute Gasteiger partial charge is 0.185 e. The molecule has 0 N–H and O–H groups in total. The Hall–Kier alpha value is -2.40. The molecule has 3 rings (SSSR count). The van der Waals surface area contributed by atoms with Crippen LogP contribution in [0.5, 0.6) is 0 Å². The van der Waals surface area contributed by atoms with Crippen molar-refractivity contribution in [3.05, 3.63) is 66.4 Å². The van der Waals surface area contributed by atoms with E-state index < -0.39 is 21.4 Å². The van der Waals surface area contributed by atoms with Crippen molar-refractivity contribution < 1.29 is 17.6 Å². The topological polar surface area (TPSA) is 64.3 Å². The molecule has 0 atom stereocenters. The number of hydrogen-bond donors (Lipinski definition) is 0. The predicted octanol–water partition coefficient (Wildman–Crippen LogP) is 3.09. The molecule has 1 aromatic heterocycles. The number of fused-ring (bicyclic) bond motifs is 1. The molecule has 0 amide bonds. The van der Waals surface area contributed by atoms with Crippen LogP contribution >= 0.6 is 0 Å². The van der Waals surface area contributed by atoms with Crippen molar-refractivity contribution in [1.82, 2.24) is 0 Å². The second-order valence-corrected chi connectivity index (χ2v) is 6.63. The van der Waals surface area contributed by atoms with Crippen LogP contribution < -0.4 is 0 Å². The van der Waals surface area contributed by atoms with Gasteiger partial charge in [-0.25, -0.2) is 8.42 Å². The summed E-state index contributed by atoms with van der Waals surface area (Å²) in [5.74, 6) is -1.04. The first-order valence-electron chi connectivity index (χ1n) is 6.35. The number of carbonyl (C=O) groups is 1. The van der Waals surface area contributed by atoms with E-state index in [4.69, 9.17) is 4.42 Å². The van der Waals surface area contributed by atoms with Crippen molar-refractivity contribution in [3.63, 3.8) is 0 Å². The van der Waals surface area contributed by atoms with Crippen molar-refractivity contribution in [2.24, 2.45) is 0 Å². The van der Waals surface area contributed by atoms with E-state index in [0.717, 1.165) is 0 Å². The quantitative estimate of drug-likeness (QED) is 0.695. The van der Waals surface area contributed by atoms with Crippen molar-refractivity contribution >= 4 is 26.6 Å². The Morgan fingerprint density at radius 2 is 1.62 bits per heavy atom. The highest BCUT2D eigenvalue weighted by molar-refractivity contribution is 7.92. The lowest BCUT2D eigenvalue weighted by Gasteiger charge is -2.02. The minimum absolute atomic E-state index is 0.145. The molecule has 5 heteroatoms. The first-order valence-corrected chi connectivity index (χ1v) is 8.00. The third-order valence-electron chi connectivity index (χ3n) is 3.20. The summed E-state index contributed by atoms with van der Waals surface area (Å²) in [6, 6.07) is 15.0. The van der Waals surface area contributed by atoms with Crippen LogP contribution in [-0.4, -0.2) is 20.0 Å². The number of furan rings is 1. The van der Waals surface area contributed by atoms with E-state index in [1.54, 1.807) is 42.5 Å². The second-order valence-electron chi connectivity index (χ2n) is 4.64. The summed E-state index contributed by atoms with van der Waals surface area (Å²) in [6.45, 7) is 0. The average molecular weight is 300 g/mol. The molecule has 106 valence electrons. The van der Waals surface area contributed by atoms with Crippen LogP contribution in [0, 0.1) is 0 Å². The van der Waals surface area contributed by atoms with Gasteiger partial charge in [0, 0.05) is 5.39 Å². The highest BCUT2D eigenvalue weighted by atomic mass is 32.2. The molecule has 0 radical (unpaired) electrons. The number of Topliss-reactive ketones (excluding diaryl/α,β-unsaturated/α-hetero) is 1. The zero-order valence-corrected chi connectivity index (χ0v) is 11.8. The molecule has 1 heterocycles. The maximum atomic E-state index is 12.3. The Bertz CT molecular complexity index is 892. The molecular formula is C16H12O4S. The first kappa shape index (κ1) is 13.6. The lowest BCUT2D eigenvalue weighted by molar-refractivity contribution is 0.102. The third-order valence-corrected chi connectivity index (χ3v) is 4.84. The Morgan fingerprint density at radius 3 is 2.38 bits per heavy atom. The van der Waals surface area contributed by atoms with Crippen molar-refractivity contribution in [2.75, 3.05) is 5.75 Å². The summed E-state index contributed by atoms with van der Waals surface area (Å²) >= 11 is 0. The highest BCUT2D eigenvalue weighted by Crippen LogP contribution is 2.22. The van der Waals surface area contributed by atoms with Crippen LogP contribution in [0.25, 0.3) is 11.0 Å². The number of rotatable bonds is 4. The summed E-state index contributed by atoms with van der Waals surface area (Å²) < 4.78 is 29.7. The van der Waals surface area contributed by atoms with Gasteiger partial charge < -0.3 is 4.42 Å². The van der Waals surface area contributed by atoms with E-state index in [2.05, 4.69) is 0 Å². The lowest BCUT2D eigenvalue weighted by Crippen LogP contribution is -2.16. The Labute approximate surface area is 121 Å². The standard InChI is InChI=1S/C16H12O4S/c17-15(11-21(18,19)12-6-2-1-3-7-12)14-10-20-16-9-5-4-8-13(14)16/h1-10H,11H2. The molecule has 0 aliphatic carbocycles. The largest absolute Gasteiger partial charge is 0.464 e. The number of sulfone groups is 1. The molecule has 0 unspecified atom stereocenters. The van der Waals surface area contributed by atoms with E-state index in [-0.39, 0.29) is 4.90 Å². The molecule has 2 aromatic carbocycles. The molecule has 0 spiro atoms. The monoisotopic (exact) mass is 300 g/mol. The van der Waals surface area contributed by atoms with Gasteiger partial charge in [-0.05, 0) is 18.2 Å². The molecule has 4 nitrogen and oxygen atoms in total. The van der Waals surface area contributed by atoms with Crippen LogP contribution in [0.3, 0.4) is 0 Å². The lowest BCUT2D eigenvalue weighted by atomic mass is 10.1. The molecule has 0 aliphatic heterocycles. The molecule has 0 aliphatic rings. The van der Waals surface area contributed by atoms with Crippen molar-refractivity contribution in [1.29, 1.82) is 0 Å². The fourth-order valence-electron chi connectivity index (χ4n) is 2.16. The minimum Gasteiger partial charge on any atom is -0.464 e. The molecule has 0 bridgehead atoms. The SMILES string of the molecule is O=C(CS(=O)(=O)c1ccccc1)c1coc2ccccc12. The van der Waals surface area contributed by atoms with E-state index >= 15 is 0 Å². The maximum Gasteiger partial charge on any atom is 0.185 e. The molecule has 0 fully saturated rings. The van der Waals surface area contributed by atoms with Crippen LogP contribution in [0.4, 0.5) is 0 Å². The highest BCUT2D eigenvalue weighted by Gasteiger charge is 2.22. The van der Waals surface area contributed by atoms with Gasteiger partial charge in [-0.1, -0.05) is 36.4 Å². The molecular weight excluding hydrogens is 288 g/mol. The van der Waals surface area contributed by atoms with Gasteiger partial charge in [0.1, 0.15) is 17.6 Å². The predicted molar refractivity (Wildman–Crippen MR) is 79.0 cm³/mol. The van der Waals surface area contributed by atoms with E-state index in [1.807, 2.05) is 0 Å². The van der Waals surface area contributed by atoms with Crippen LogP contribution in [0.15, 0.2) is 70.2 Å². The van der Waals surface area contributed by atoms with Gasteiger partial charge in [0.2, 0.25) is 0 Å². The summed E-state index contributed by atoms with van der Waals surface area (Å²) in [6.07, 6.45) is 1.31. The Kier molecular flexibility index (Phi) is 3.35. The van der Waals surface area contributed by atoms with Gasteiger partial charge in [-0.15, -0.1) is 0 Å². The minimum atomic E-state index is -3.65. The summed E-state index contributed by atoms with van der Waals surface area (Å²) in [5.41, 5.74) is 0.864. The van der Waals surface area contributed by atoms with Crippen LogP contribution in [0.1, 0.15) is 10.4 Å². The average Bonchev–Trinajstić information content (AvgIpc) is 2.92. The van der Waals surface area contributed by atoms with E-state index in [0.29, 0.717) is 16.5 Å². The zero-order chi connectivity index (χ0) is 14.9. The molecule has 0 saturated heterocycles. The van der Waals surface area contributed by atoms with Crippen molar-refractivity contribution in [3.8, 4) is 0 Å². The number of hydrogen-bond acceptors (Lipinski definition) is 4. The van der Waals surface area contributed by atoms with Crippen LogP contribution in [0.2, 0.25) is 0 Å². The summed E-state index contributed by atoms with van der Waals surface area (Å²) in [5, 5.41) is 0.630. The first-order chi connectivity index (χ1) is 10.1. The van der Waals surface area contributed by atoms with Gasteiger partial charge in [0.05, 0.1) is 10.5 Å². The fraction of sp³-hybridized carbons (Fsp3) is 0.0625. The molecule has 3 aromatic rings. The maximum absolute atomic E-state index is 12.3. The fourth-order valence-corrected chi connectivity index (χ4v) is 3.39. The van der Waals surface area contributed by atoms with E-state index in [9.17, 15) is 13.2 Å². The van der Waals surface area contributed by atoms with Crippen molar-refractivity contribution in [2.45, 2.75) is 4.90 Å². The Balaban J connectivity index is 1.94. The van der Waals surface area contributed by atoms with Gasteiger partial charge >= 0.3 is 0 Å².